The van der Waals surface area contributed by atoms with Gasteiger partial charge in [-0.3, -0.25) is 4.79 Å². The lowest BCUT2D eigenvalue weighted by Gasteiger charge is -2.16. The molecule has 0 saturated carbocycles. The molecule has 6 heteroatoms. The fraction of sp³-hybridized carbons (Fsp3) is 0.769. The van der Waals surface area contributed by atoms with Gasteiger partial charge in [-0.2, -0.15) is 4.98 Å². The molecule has 0 aliphatic carbocycles. The first kappa shape index (κ1) is 15.6. The van der Waals surface area contributed by atoms with Gasteiger partial charge in [0.05, 0.1) is 6.54 Å². The van der Waals surface area contributed by atoms with Gasteiger partial charge < -0.3 is 15.2 Å². The number of aromatic nitrogens is 2. The maximum absolute atomic E-state index is 11.7. The van der Waals surface area contributed by atoms with Gasteiger partial charge in [-0.25, -0.2) is 0 Å². The van der Waals surface area contributed by atoms with Gasteiger partial charge in [0.1, 0.15) is 0 Å². The Kier molecular flexibility index (Phi) is 5.47. The molecule has 108 valence electrons. The lowest BCUT2D eigenvalue weighted by atomic mass is 9.92. The smallest absolute Gasteiger partial charge is 0.246 e. The summed E-state index contributed by atoms with van der Waals surface area (Å²) >= 11 is 0. The summed E-state index contributed by atoms with van der Waals surface area (Å²) in [7, 11) is 1.89. The van der Waals surface area contributed by atoms with Crippen molar-refractivity contribution in [2.24, 2.45) is 5.41 Å². The Morgan fingerprint density at radius 1 is 1.42 bits per heavy atom. The number of carbonyl (C=O) groups excluding carboxylic acids is 1. The molecule has 0 saturated heterocycles. The summed E-state index contributed by atoms with van der Waals surface area (Å²) in [6.07, 6.45) is 1.18. The fourth-order valence-corrected chi connectivity index (χ4v) is 1.54. The van der Waals surface area contributed by atoms with Crippen molar-refractivity contribution in [3.8, 4) is 0 Å². The van der Waals surface area contributed by atoms with E-state index in [1.165, 1.54) is 0 Å². The van der Waals surface area contributed by atoms with Crippen molar-refractivity contribution >= 4 is 5.91 Å². The minimum absolute atomic E-state index is 0.00385. The van der Waals surface area contributed by atoms with Crippen LogP contribution in [0.4, 0.5) is 0 Å². The van der Waals surface area contributed by atoms with Crippen molar-refractivity contribution in [1.82, 2.24) is 20.8 Å². The van der Waals surface area contributed by atoms with Crippen LogP contribution in [0, 0.1) is 5.41 Å². The number of nitrogens with zero attached hydrogens (tertiary/aromatic N) is 2. The van der Waals surface area contributed by atoms with Crippen LogP contribution in [-0.4, -0.2) is 29.1 Å². The van der Waals surface area contributed by atoms with Crippen LogP contribution in [0.25, 0.3) is 0 Å². The van der Waals surface area contributed by atoms with Gasteiger partial charge in [0, 0.05) is 18.9 Å². The Morgan fingerprint density at radius 3 is 2.68 bits per heavy atom. The number of hydrogen-bond donors (Lipinski definition) is 2. The highest BCUT2D eigenvalue weighted by atomic mass is 16.5. The molecule has 1 amide bonds. The minimum atomic E-state index is -0.0215. The van der Waals surface area contributed by atoms with Gasteiger partial charge in [0.2, 0.25) is 11.8 Å². The van der Waals surface area contributed by atoms with Crippen LogP contribution in [0.2, 0.25) is 0 Å². The number of hydrogen-bond acceptors (Lipinski definition) is 5. The van der Waals surface area contributed by atoms with E-state index in [2.05, 4.69) is 20.8 Å². The van der Waals surface area contributed by atoms with Crippen molar-refractivity contribution in [2.75, 3.05) is 7.05 Å². The molecule has 0 aromatic carbocycles. The molecule has 0 radical (unpaired) electrons. The van der Waals surface area contributed by atoms with Gasteiger partial charge in [-0.15, -0.1) is 0 Å². The molecule has 1 atom stereocenters. The molecule has 6 nitrogen and oxygen atoms in total. The summed E-state index contributed by atoms with van der Waals surface area (Å²) in [5, 5.41) is 9.77. The van der Waals surface area contributed by atoms with E-state index in [4.69, 9.17) is 4.52 Å². The van der Waals surface area contributed by atoms with E-state index in [9.17, 15) is 4.79 Å². The first-order valence-electron chi connectivity index (χ1n) is 6.55. The molecule has 0 spiro atoms. The fourth-order valence-electron chi connectivity index (χ4n) is 1.54. The monoisotopic (exact) mass is 268 g/mol. The third kappa shape index (κ3) is 6.33. The van der Waals surface area contributed by atoms with E-state index in [1.807, 2.05) is 34.7 Å². The van der Waals surface area contributed by atoms with Gasteiger partial charge >= 0.3 is 0 Å². The van der Waals surface area contributed by atoms with Gasteiger partial charge in [-0.1, -0.05) is 25.9 Å². The van der Waals surface area contributed by atoms with Crippen LogP contribution in [0.1, 0.15) is 45.8 Å². The first-order valence-corrected chi connectivity index (χ1v) is 6.55. The number of rotatable bonds is 6. The van der Waals surface area contributed by atoms with Crippen LogP contribution in [0.5, 0.6) is 0 Å². The molecule has 1 rings (SSSR count). The van der Waals surface area contributed by atoms with Crippen molar-refractivity contribution in [3.63, 3.8) is 0 Å². The van der Waals surface area contributed by atoms with E-state index in [0.29, 0.717) is 30.6 Å². The van der Waals surface area contributed by atoms with E-state index in [1.54, 1.807) is 0 Å². The van der Waals surface area contributed by atoms with Crippen LogP contribution in [-0.2, 0) is 17.8 Å². The quantitative estimate of drug-likeness (QED) is 0.812. The second kappa shape index (κ2) is 6.65. The lowest BCUT2D eigenvalue weighted by molar-refractivity contribution is -0.123. The second-order valence-corrected chi connectivity index (χ2v) is 6.01. The zero-order valence-electron chi connectivity index (χ0n) is 12.4. The van der Waals surface area contributed by atoms with E-state index >= 15 is 0 Å². The SMILES string of the molecule is CNC(C)Cc1noc(CNC(=O)CC(C)(C)C)n1. The molecule has 1 aromatic rings. The molecule has 0 aliphatic rings. The molecule has 1 heterocycles. The maximum atomic E-state index is 11.7. The van der Waals surface area contributed by atoms with Crippen molar-refractivity contribution < 1.29 is 9.32 Å². The molecule has 0 aliphatic heterocycles. The minimum Gasteiger partial charge on any atom is -0.347 e. The average molecular weight is 268 g/mol. The topological polar surface area (TPSA) is 80.0 Å². The maximum Gasteiger partial charge on any atom is 0.246 e. The van der Waals surface area contributed by atoms with Crippen LogP contribution in [0.3, 0.4) is 0 Å². The number of nitrogens with one attached hydrogen (secondary N) is 2. The molecular formula is C13H24N4O2. The molecule has 1 aromatic heterocycles. The zero-order chi connectivity index (χ0) is 14.5. The molecule has 2 N–H and O–H groups in total. The molecule has 1 unspecified atom stereocenters. The second-order valence-electron chi connectivity index (χ2n) is 6.01. The Bertz CT molecular complexity index is 409. The Morgan fingerprint density at radius 2 is 2.11 bits per heavy atom. The summed E-state index contributed by atoms with van der Waals surface area (Å²) in [5.74, 6) is 1.10. The standard InChI is InChI=1S/C13H24N4O2/c1-9(14-5)6-10-16-12(19-17-10)8-15-11(18)7-13(2,3)4/h9,14H,6-8H2,1-5H3,(H,15,18). The highest BCUT2D eigenvalue weighted by Crippen LogP contribution is 2.17. The first-order chi connectivity index (χ1) is 8.80. The predicted octanol–water partition coefficient (Wildman–Crippen LogP) is 1.27. The van der Waals surface area contributed by atoms with E-state index < -0.39 is 0 Å². The van der Waals surface area contributed by atoms with E-state index in [-0.39, 0.29) is 17.9 Å². The predicted molar refractivity (Wildman–Crippen MR) is 72.4 cm³/mol. The summed E-state index contributed by atoms with van der Waals surface area (Å²) in [6, 6.07) is 0.293. The summed E-state index contributed by atoms with van der Waals surface area (Å²) in [4.78, 5) is 15.9. The van der Waals surface area contributed by atoms with E-state index in [0.717, 1.165) is 0 Å². The van der Waals surface area contributed by atoms with Crippen LogP contribution >= 0.6 is 0 Å². The molecule has 19 heavy (non-hydrogen) atoms. The number of amides is 1. The molecular weight excluding hydrogens is 244 g/mol. The Balaban J connectivity index is 2.40. The van der Waals surface area contributed by atoms with Gasteiger partial charge in [-0.05, 0) is 19.4 Å². The van der Waals surface area contributed by atoms with Crippen LogP contribution < -0.4 is 10.6 Å². The highest BCUT2D eigenvalue weighted by Gasteiger charge is 2.16. The average Bonchev–Trinajstić information content (AvgIpc) is 2.71. The van der Waals surface area contributed by atoms with Gasteiger partial charge in [0.25, 0.3) is 0 Å². The van der Waals surface area contributed by atoms with Crippen molar-refractivity contribution in [1.29, 1.82) is 0 Å². The Labute approximate surface area is 114 Å². The summed E-state index contributed by atoms with van der Waals surface area (Å²) in [5.41, 5.74) is -0.0215. The Hall–Kier alpha value is -1.43. The third-order valence-corrected chi connectivity index (χ3v) is 2.62. The largest absolute Gasteiger partial charge is 0.347 e. The number of likely N-dealkylation sites (N-methyl/N-ethyl adjacent to an activating group) is 1. The third-order valence-electron chi connectivity index (χ3n) is 2.62. The highest BCUT2D eigenvalue weighted by molar-refractivity contribution is 5.76. The molecule has 0 bridgehead atoms. The van der Waals surface area contributed by atoms with Crippen molar-refractivity contribution in [3.05, 3.63) is 11.7 Å². The number of carbonyl (C=O) groups is 1. The summed E-state index contributed by atoms with van der Waals surface area (Å²) in [6.45, 7) is 8.40. The molecule has 0 fully saturated rings. The van der Waals surface area contributed by atoms with Gasteiger partial charge in [0.15, 0.2) is 5.82 Å². The lowest BCUT2D eigenvalue weighted by Crippen LogP contribution is -2.27. The van der Waals surface area contributed by atoms with Crippen molar-refractivity contribution in [2.45, 2.75) is 53.1 Å². The normalized spacial score (nSPS) is 13.3. The zero-order valence-corrected chi connectivity index (χ0v) is 12.4. The van der Waals surface area contributed by atoms with Crippen LogP contribution in [0.15, 0.2) is 4.52 Å². The summed E-state index contributed by atoms with van der Waals surface area (Å²) < 4.78 is 5.09.